The van der Waals surface area contributed by atoms with Crippen molar-refractivity contribution in [2.75, 3.05) is 6.54 Å². The molecule has 1 atom stereocenters. The number of aryl methyl sites for hydroxylation is 1. The Bertz CT molecular complexity index is 232. The Morgan fingerprint density at radius 1 is 1.67 bits per heavy atom. The van der Waals surface area contributed by atoms with Crippen LogP contribution in [0.25, 0.3) is 0 Å². The highest BCUT2D eigenvalue weighted by atomic mass is 32.1. The minimum Gasteiger partial charge on any atom is -0.330 e. The van der Waals surface area contributed by atoms with Crippen LogP contribution in [0, 0.1) is 6.92 Å². The van der Waals surface area contributed by atoms with Crippen LogP contribution in [-0.4, -0.2) is 11.5 Å². The number of nitrogens with two attached hydrogens (primary N) is 1. The molecule has 1 rings (SSSR count). The van der Waals surface area contributed by atoms with Gasteiger partial charge in [-0.1, -0.05) is 13.3 Å². The second-order valence-electron chi connectivity index (χ2n) is 3.01. The first-order valence-corrected chi connectivity index (χ1v) is 5.28. The average Bonchev–Trinajstić information content (AvgIpc) is 2.47. The molecule has 0 bridgehead atoms. The van der Waals surface area contributed by atoms with E-state index in [1.54, 1.807) is 11.3 Å². The smallest absolute Gasteiger partial charge is 0.0897 e. The molecule has 2 nitrogen and oxygen atoms in total. The lowest BCUT2D eigenvalue weighted by Gasteiger charge is -2.09. The van der Waals surface area contributed by atoms with Crippen molar-refractivity contribution >= 4 is 11.3 Å². The molecule has 68 valence electrons. The van der Waals surface area contributed by atoms with Gasteiger partial charge in [0.15, 0.2) is 0 Å². The number of hydrogen-bond acceptors (Lipinski definition) is 3. The van der Waals surface area contributed by atoms with Gasteiger partial charge in [0.1, 0.15) is 0 Å². The molecular formula is C9H16N2S. The van der Waals surface area contributed by atoms with Gasteiger partial charge >= 0.3 is 0 Å². The molecule has 12 heavy (non-hydrogen) atoms. The quantitative estimate of drug-likeness (QED) is 0.779. The predicted molar refractivity (Wildman–Crippen MR) is 53.6 cm³/mol. The minimum atomic E-state index is 0.472. The highest BCUT2D eigenvalue weighted by molar-refractivity contribution is 7.09. The first kappa shape index (κ1) is 9.68. The number of thiazole rings is 1. The summed E-state index contributed by atoms with van der Waals surface area (Å²) in [5.41, 5.74) is 6.85. The van der Waals surface area contributed by atoms with Gasteiger partial charge in [-0.3, -0.25) is 0 Å². The van der Waals surface area contributed by atoms with Crippen LogP contribution in [-0.2, 0) is 0 Å². The van der Waals surface area contributed by atoms with E-state index in [1.165, 1.54) is 12.1 Å². The van der Waals surface area contributed by atoms with Gasteiger partial charge < -0.3 is 5.73 Å². The van der Waals surface area contributed by atoms with Crippen LogP contribution >= 0.6 is 11.3 Å². The Labute approximate surface area is 77.8 Å². The molecule has 1 heterocycles. The predicted octanol–water partition coefficient (Wildman–Crippen LogP) is 2.29. The van der Waals surface area contributed by atoms with Crippen LogP contribution in [0.1, 0.15) is 36.4 Å². The molecule has 0 aliphatic rings. The van der Waals surface area contributed by atoms with Crippen molar-refractivity contribution in [2.24, 2.45) is 5.73 Å². The lowest BCUT2D eigenvalue weighted by atomic mass is 10.0. The van der Waals surface area contributed by atoms with E-state index in [-0.39, 0.29) is 0 Å². The van der Waals surface area contributed by atoms with Crippen molar-refractivity contribution in [3.05, 3.63) is 16.1 Å². The Morgan fingerprint density at radius 3 is 2.83 bits per heavy atom. The standard InChI is InChI=1S/C9H16N2S/c1-3-4-8(5-10)9-6-12-7(2)11-9/h6,8H,3-5,10H2,1-2H3. The van der Waals surface area contributed by atoms with Crippen molar-refractivity contribution in [3.63, 3.8) is 0 Å². The monoisotopic (exact) mass is 184 g/mol. The van der Waals surface area contributed by atoms with Crippen molar-refractivity contribution in [2.45, 2.75) is 32.6 Å². The lowest BCUT2D eigenvalue weighted by molar-refractivity contribution is 0.609. The molecule has 1 aromatic heterocycles. The van der Waals surface area contributed by atoms with E-state index in [9.17, 15) is 0 Å². The largest absolute Gasteiger partial charge is 0.330 e. The highest BCUT2D eigenvalue weighted by Gasteiger charge is 2.10. The van der Waals surface area contributed by atoms with Crippen LogP contribution in [0.4, 0.5) is 0 Å². The average molecular weight is 184 g/mol. The van der Waals surface area contributed by atoms with Gasteiger partial charge in [0, 0.05) is 17.8 Å². The van der Waals surface area contributed by atoms with Gasteiger partial charge in [0.2, 0.25) is 0 Å². The normalized spacial score (nSPS) is 13.2. The fourth-order valence-electron chi connectivity index (χ4n) is 1.30. The zero-order valence-corrected chi connectivity index (χ0v) is 8.53. The summed E-state index contributed by atoms with van der Waals surface area (Å²) in [6.07, 6.45) is 2.33. The number of nitrogens with zero attached hydrogens (tertiary/aromatic N) is 1. The summed E-state index contributed by atoms with van der Waals surface area (Å²) in [5, 5.41) is 3.27. The van der Waals surface area contributed by atoms with Crippen LogP contribution in [0.15, 0.2) is 5.38 Å². The molecule has 0 aliphatic heterocycles. The fourth-order valence-corrected chi connectivity index (χ4v) is 2.00. The third-order valence-corrected chi connectivity index (χ3v) is 2.77. The van der Waals surface area contributed by atoms with Gasteiger partial charge in [-0.15, -0.1) is 11.3 Å². The maximum atomic E-state index is 5.66. The summed E-state index contributed by atoms with van der Waals surface area (Å²) >= 11 is 1.71. The molecule has 0 aliphatic carbocycles. The molecule has 0 radical (unpaired) electrons. The van der Waals surface area contributed by atoms with Gasteiger partial charge in [-0.25, -0.2) is 4.98 Å². The summed E-state index contributed by atoms with van der Waals surface area (Å²) in [6.45, 7) is 4.94. The molecule has 1 unspecified atom stereocenters. The Hall–Kier alpha value is -0.410. The van der Waals surface area contributed by atoms with Gasteiger partial charge in [0.05, 0.1) is 10.7 Å². The number of rotatable bonds is 4. The van der Waals surface area contributed by atoms with Crippen LogP contribution < -0.4 is 5.73 Å². The molecule has 0 fully saturated rings. The molecular weight excluding hydrogens is 168 g/mol. The number of hydrogen-bond donors (Lipinski definition) is 1. The van der Waals surface area contributed by atoms with Crippen LogP contribution in [0.3, 0.4) is 0 Å². The maximum absolute atomic E-state index is 5.66. The Kier molecular flexibility index (Phi) is 3.69. The first-order chi connectivity index (χ1) is 5.77. The SMILES string of the molecule is CCCC(CN)c1csc(C)n1. The molecule has 0 aromatic carbocycles. The fraction of sp³-hybridized carbons (Fsp3) is 0.667. The van der Waals surface area contributed by atoms with Crippen molar-refractivity contribution < 1.29 is 0 Å². The molecule has 2 N–H and O–H groups in total. The third-order valence-electron chi connectivity index (χ3n) is 1.98. The van der Waals surface area contributed by atoms with Crippen LogP contribution in [0.2, 0.25) is 0 Å². The van der Waals surface area contributed by atoms with Crippen molar-refractivity contribution in [3.8, 4) is 0 Å². The summed E-state index contributed by atoms with van der Waals surface area (Å²) < 4.78 is 0. The lowest BCUT2D eigenvalue weighted by Crippen LogP contribution is -2.12. The first-order valence-electron chi connectivity index (χ1n) is 4.40. The highest BCUT2D eigenvalue weighted by Crippen LogP contribution is 2.21. The van der Waals surface area contributed by atoms with Gasteiger partial charge in [-0.2, -0.15) is 0 Å². The van der Waals surface area contributed by atoms with E-state index in [0.717, 1.165) is 18.0 Å². The second-order valence-corrected chi connectivity index (χ2v) is 4.07. The number of aromatic nitrogens is 1. The van der Waals surface area contributed by atoms with E-state index >= 15 is 0 Å². The minimum absolute atomic E-state index is 0.472. The van der Waals surface area contributed by atoms with Crippen molar-refractivity contribution in [1.29, 1.82) is 0 Å². The van der Waals surface area contributed by atoms with E-state index in [0.29, 0.717) is 5.92 Å². The van der Waals surface area contributed by atoms with Crippen molar-refractivity contribution in [1.82, 2.24) is 4.98 Å². The van der Waals surface area contributed by atoms with Crippen LogP contribution in [0.5, 0.6) is 0 Å². The van der Waals surface area contributed by atoms with E-state index in [1.807, 2.05) is 6.92 Å². The Morgan fingerprint density at radius 2 is 2.42 bits per heavy atom. The zero-order chi connectivity index (χ0) is 8.97. The van der Waals surface area contributed by atoms with Gasteiger partial charge in [0.25, 0.3) is 0 Å². The van der Waals surface area contributed by atoms with Gasteiger partial charge in [-0.05, 0) is 13.3 Å². The third kappa shape index (κ3) is 2.29. The molecule has 0 amide bonds. The molecule has 1 aromatic rings. The summed E-state index contributed by atoms with van der Waals surface area (Å²) in [6, 6.07) is 0. The van der Waals surface area contributed by atoms with E-state index in [4.69, 9.17) is 5.73 Å². The maximum Gasteiger partial charge on any atom is 0.0897 e. The van der Waals surface area contributed by atoms with E-state index in [2.05, 4.69) is 17.3 Å². The summed E-state index contributed by atoms with van der Waals surface area (Å²) in [5.74, 6) is 0.472. The Balaban J connectivity index is 2.66. The summed E-state index contributed by atoms with van der Waals surface area (Å²) in [7, 11) is 0. The summed E-state index contributed by atoms with van der Waals surface area (Å²) in [4.78, 5) is 4.44. The molecule has 3 heteroatoms. The molecule has 0 saturated heterocycles. The molecule has 0 spiro atoms. The zero-order valence-electron chi connectivity index (χ0n) is 7.71. The van der Waals surface area contributed by atoms with E-state index < -0.39 is 0 Å². The second kappa shape index (κ2) is 4.58. The molecule has 0 saturated carbocycles. The topological polar surface area (TPSA) is 38.9 Å².